The van der Waals surface area contributed by atoms with E-state index in [9.17, 15) is 22.8 Å². The smallest absolute Gasteiger partial charge is 0.398 e. The van der Waals surface area contributed by atoms with E-state index in [0.29, 0.717) is 46.9 Å². The molecule has 29 heavy (non-hydrogen) atoms. The van der Waals surface area contributed by atoms with Crippen LogP contribution in [0.1, 0.15) is 11.1 Å². The summed E-state index contributed by atoms with van der Waals surface area (Å²) < 4.78 is 51.7. The number of aryl methyl sites for hydroxylation is 1. The quantitative estimate of drug-likeness (QED) is 0.251. The molecular weight excluding hydrogens is 428 g/mol. The van der Waals surface area contributed by atoms with E-state index in [0.717, 1.165) is 5.56 Å². The third-order valence-electron chi connectivity index (χ3n) is 4.92. The van der Waals surface area contributed by atoms with Crippen molar-refractivity contribution >= 4 is 29.1 Å². The van der Waals surface area contributed by atoms with Crippen molar-refractivity contribution in [2.24, 2.45) is 0 Å². The molecule has 3 rings (SSSR count). The van der Waals surface area contributed by atoms with Gasteiger partial charge in [-0.2, -0.15) is 13.2 Å². The Kier molecular flexibility index (Phi) is 6.67. The molecule has 0 bridgehead atoms. The van der Waals surface area contributed by atoms with Crippen LogP contribution >= 0.6 is 23.4 Å². The van der Waals surface area contributed by atoms with Crippen LogP contribution in [0.5, 0.6) is 0 Å². The largest absolute Gasteiger partial charge is 0.632 e. The molecule has 1 heterocycles. The fourth-order valence-corrected chi connectivity index (χ4v) is 4.28. The Morgan fingerprint density at radius 3 is 2.34 bits per heavy atom. The molecule has 1 aliphatic heterocycles. The minimum absolute atomic E-state index is 0.248. The van der Waals surface area contributed by atoms with Gasteiger partial charge in [0, 0.05) is 15.5 Å². The van der Waals surface area contributed by atoms with E-state index in [1.165, 1.54) is 12.1 Å². The van der Waals surface area contributed by atoms with Crippen molar-refractivity contribution in [3.63, 3.8) is 0 Å². The maximum atomic E-state index is 14.5. The van der Waals surface area contributed by atoms with E-state index in [1.807, 2.05) is 12.1 Å². The van der Waals surface area contributed by atoms with Crippen LogP contribution < -0.4 is 4.90 Å². The van der Waals surface area contributed by atoms with Crippen LogP contribution in [0.3, 0.4) is 0 Å². The van der Waals surface area contributed by atoms with E-state index in [2.05, 4.69) is 0 Å². The van der Waals surface area contributed by atoms with Gasteiger partial charge in [0.1, 0.15) is 12.4 Å². The minimum Gasteiger partial charge on any atom is -0.632 e. The van der Waals surface area contributed by atoms with E-state index in [1.54, 1.807) is 24.0 Å². The first-order valence-electron chi connectivity index (χ1n) is 9.11. The molecule has 0 unspecified atom stereocenters. The second kappa shape index (κ2) is 8.71. The Balaban J connectivity index is 1.68. The number of hydrogen-bond donors (Lipinski definition) is 0. The third-order valence-corrected chi connectivity index (χ3v) is 6.39. The van der Waals surface area contributed by atoms with Crippen molar-refractivity contribution in [3.8, 4) is 0 Å². The minimum atomic E-state index is -4.29. The number of thioether (sulfide) groups is 1. The molecule has 0 spiro atoms. The molecular formula is C20H21ClF4N2OS. The van der Waals surface area contributed by atoms with Gasteiger partial charge in [0.25, 0.3) is 0 Å². The van der Waals surface area contributed by atoms with Crippen molar-refractivity contribution in [1.29, 1.82) is 0 Å². The lowest BCUT2D eigenvalue weighted by molar-refractivity contribution is -0.894. The Bertz CT molecular complexity index is 853. The number of piperazine rings is 1. The van der Waals surface area contributed by atoms with Gasteiger partial charge in [-0.3, -0.25) is 0 Å². The molecule has 1 fully saturated rings. The second-order valence-electron chi connectivity index (χ2n) is 7.25. The summed E-state index contributed by atoms with van der Waals surface area (Å²) in [5.74, 6) is -1.51. The molecule has 2 aromatic carbocycles. The van der Waals surface area contributed by atoms with E-state index in [-0.39, 0.29) is 18.8 Å². The highest BCUT2D eigenvalue weighted by Gasteiger charge is 2.30. The molecule has 0 aliphatic carbocycles. The van der Waals surface area contributed by atoms with E-state index >= 15 is 0 Å². The Hall–Kier alpha value is -1.48. The average Bonchev–Trinajstić information content (AvgIpc) is 2.63. The number of hydrogen-bond acceptors (Lipinski definition) is 3. The molecule has 2 aromatic rings. The van der Waals surface area contributed by atoms with Crippen molar-refractivity contribution < 1.29 is 22.2 Å². The van der Waals surface area contributed by atoms with Gasteiger partial charge in [-0.1, -0.05) is 23.7 Å². The first-order valence-corrected chi connectivity index (χ1v) is 10.5. The maximum Gasteiger partial charge on any atom is 0.398 e. The van der Waals surface area contributed by atoms with E-state index < -0.39 is 22.4 Å². The number of rotatable bonds is 5. The summed E-state index contributed by atoms with van der Waals surface area (Å²) in [5.41, 5.74) is 1.59. The summed E-state index contributed by atoms with van der Waals surface area (Å²) in [6.07, 6.45) is -4.29. The van der Waals surface area contributed by atoms with Gasteiger partial charge in [-0.05, 0) is 36.8 Å². The maximum absolute atomic E-state index is 14.5. The van der Waals surface area contributed by atoms with Crippen LogP contribution in [-0.2, 0) is 6.54 Å². The number of halogens is 5. The van der Waals surface area contributed by atoms with Crippen molar-refractivity contribution in [1.82, 2.24) is 0 Å². The van der Waals surface area contributed by atoms with Crippen LogP contribution in [0.4, 0.5) is 23.2 Å². The van der Waals surface area contributed by atoms with Gasteiger partial charge >= 0.3 is 6.18 Å². The zero-order valence-electron chi connectivity index (χ0n) is 15.8. The molecule has 0 atom stereocenters. The number of alkyl halides is 3. The van der Waals surface area contributed by atoms with Gasteiger partial charge in [-0.15, -0.1) is 11.8 Å². The lowest BCUT2D eigenvalue weighted by atomic mass is 10.1. The molecule has 0 saturated carbocycles. The Morgan fingerprint density at radius 2 is 1.76 bits per heavy atom. The van der Waals surface area contributed by atoms with Crippen molar-refractivity contribution in [2.75, 3.05) is 36.8 Å². The summed E-state index contributed by atoms with van der Waals surface area (Å²) in [6.45, 7) is 3.09. The lowest BCUT2D eigenvalue weighted by Crippen LogP contribution is -2.55. The second-order valence-corrected chi connectivity index (χ2v) is 8.70. The molecule has 158 valence electrons. The first kappa shape index (κ1) is 22.2. The van der Waals surface area contributed by atoms with E-state index in [4.69, 9.17) is 11.6 Å². The highest BCUT2D eigenvalue weighted by molar-refractivity contribution is 7.99. The monoisotopic (exact) mass is 448 g/mol. The third kappa shape index (κ3) is 6.01. The Morgan fingerprint density at radius 1 is 1.14 bits per heavy atom. The highest BCUT2D eigenvalue weighted by Crippen LogP contribution is 2.34. The standard InChI is InChI=1S/C20H21ClF4N2OS/c1-14-10-17(22)18(11-19(14)29-13-20(23,24)25)26-6-8-27(28,9-7-26)12-15-2-4-16(21)5-3-15/h2-5,10-11H,6-9,12-13H2,1H3. The first-order chi connectivity index (χ1) is 13.5. The van der Waals surface area contributed by atoms with Crippen LogP contribution in [0, 0.1) is 17.9 Å². The van der Waals surface area contributed by atoms with Crippen LogP contribution in [0.2, 0.25) is 5.02 Å². The van der Waals surface area contributed by atoms with Crippen LogP contribution in [0.25, 0.3) is 0 Å². The lowest BCUT2D eigenvalue weighted by Gasteiger charge is -2.49. The summed E-state index contributed by atoms with van der Waals surface area (Å²) in [7, 11) is 0. The number of benzene rings is 2. The van der Waals surface area contributed by atoms with Crippen molar-refractivity contribution in [2.45, 2.75) is 24.5 Å². The summed E-state index contributed by atoms with van der Waals surface area (Å²) in [5, 5.41) is 13.6. The van der Waals surface area contributed by atoms with Crippen molar-refractivity contribution in [3.05, 3.63) is 63.6 Å². The fraction of sp³-hybridized carbons (Fsp3) is 0.400. The van der Waals surface area contributed by atoms with Gasteiger partial charge in [0.05, 0.1) is 37.6 Å². The molecule has 9 heteroatoms. The Labute approximate surface area is 176 Å². The molecule has 0 N–H and O–H groups in total. The summed E-state index contributed by atoms with van der Waals surface area (Å²) in [6, 6.07) is 9.83. The van der Waals surface area contributed by atoms with Crippen LogP contribution in [0.15, 0.2) is 41.3 Å². The molecule has 0 amide bonds. The zero-order valence-corrected chi connectivity index (χ0v) is 17.4. The fourth-order valence-electron chi connectivity index (χ4n) is 3.35. The zero-order chi connectivity index (χ0) is 21.2. The van der Waals surface area contributed by atoms with Crippen LogP contribution in [-0.4, -0.2) is 42.8 Å². The SMILES string of the molecule is Cc1cc(F)c(N2CC[N+]([O-])(Cc3ccc(Cl)cc3)CC2)cc1SCC(F)(F)F. The molecule has 1 aliphatic rings. The van der Waals surface area contributed by atoms with Gasteiger partial charge < -0.3 is 14.8 Å². The van der Waals surface area contributed by atoms with Gasteiger partial charge in [0.2, 0.25) is 0 Å². The predicted molar refractivity (Wildman–Crippen MR) is 109 cm³/mol. The number of hydroxylamine groups is 3. The number of anilines is 1. The normalized spacial score (nSPS) is 16.9. The highest BCUT2D eigenvalue weighted by atomic mass is 35.5. The van der Waals surface area contributed by atoms with Gasteiger partial charge in [-0.25, -0.2) is 4.39 Å². The predicted octanol–water partition coefficient (Wildman–Crippen LogP) is 5.78. The summed E-state index contributed by atoms with van der Waals surface area (Å²) in [4.78, 5) is 2.14. The van der Waals surface area contributed by atoms with Gasteiger partial charge in [0.15, 0.2) is 0 Å². The summed E-state index contributed by atoms with van der Waals surface area (Å²) >= 11 is 6.52. The topological polar surface area (TPSA) is 26.3 Å². The number of quaternary nitrogens is 1. The molecule has 1 saturated heterocycles. The molecule has 0 aromatic heterocycles. The molecule has 0 radical (unpaired) electrons. The number of nitrogens with zero attached hydrogens (tertiary/aromatic N) is 2. The average molecular weight is 449 g/mol. The molecule has 3 nitrogen and oxygen atoms in total.